The highest BCUT2D eigenvalue weighted by Crippen LogP contribution is 2.17. The first-order chi connectivity index (χ1) is 10.7. The molecule has 0 bridgehead atoms. The van der Waals surface area contributed by atoms with E-state index >= 15 is 0 Å². The fraction of sp³-hybridized carbons (Fsp3) is 0.733. The van der Waals surface area contributed by atoms with Crippen LogP contribution >= 0.6 is 23.7 Å². The minimum absolute atomic E-state index is 0. The van der Waals surface area contributed by atoms with E-state index in [0.717, 1.165) is 58.7 Å². The second kappa shape index (κ2) is 8.82. The zero-order valence-electron chi connectivity index (χ0n) is 13.4. The summed E-state index contributed by atoms with van der Waals surface area (Å²) in [6, 6.07) is 0. The van der Waals surface area contributed by atoms with Gasteiger partial charge in [-0.15, -0.1) is 23.7 Å². The molecule has 130 valence electrons. The van der Waals surface area contributed by atoms with Crippen molar-refractivity contribution >= 4 is 34.8 Å². The van der Waals surface area contributed by atoms with Gasteiger partial charge in [0.1, 0.15) is 0 Å². The highest BCUT2D eigenvalue weighted by molar-refractivity contribution is 7.15. The van der Waals surface area contributed by atoms with Crippen LogP contribution in [0.5, 0.6) is 0 Å². The maximum absolute atomic E-state index is 12.3. The van der Waals surface area contributed by atoms with Crippen LogP contribution in [-0.2, 0) is 11.3 Å². The first-order valence-corrected chi connectivity index (χ1v) is 8.95. The van der Waals surface area contributed by atoms with Crippen molar-refractivity contribution in [3.05, 3.63) is 11.1 Å². The van der Waals surface area contributed by atoms with Crippen LogP contribution in [0.25, 0.3) is 0 Å². The first-order valence-electron chi connectivity index (χ1n) is 8.13. The molecule has 23 heavy (non-hydrogen) atoms. The number of piperidine rings is 1. The smallest absolute Gasteiger partial charge is 0.236 e. The van der Waals surface area contributed by atoms with Crippen LogP contribution in [0, 0.1) is 0 Å². The Morgan fingerprint density at radius 1 is 1.09 bits per heavy atom. The Morgan fingerprint density at radius 3 is 2.35 bits per heavy atom. The van der Waals surface area contributed by atoms with E-state index in [2.05, 4.69) is 14.8 Å². The number of nitrogen functional groups attached to an aromatic ring is 1. The van der Waals surface area contributed by atoms with Crippen LogP contribution in [0.3, 0.4) is 0 Å². The molecule has 2 saturated heterocycles. The van der Waals surface area contributed by atoms with Gasteiger partial charge < -0.3 is 10.6 Å². The number of carbonyl (C=O) groups excluding carboxylic acids is 1. The SMILES string of the molecule is Cl.Nc1ncc(CN2CCN(CC(=O)N3CCCCC3)CC2)s1. The summed E-state index contributed by atoms with van der Waals surface area (Å²) in [5, 5.41) is 0.640. The molecule has 3 heterocycles. The van der Waals surface area contributed by atoms with Gasteiger partial charge in [0, 0.05) is 56.9 Å². The molecule has 8 heteroatoms. The number of thiazole rings is 1. The quantitative estimate of drug-likeness (QED) is 0.877. The van der Waals surface area contributed by atoms with Crippen molar-refractivity contribution in [2.45, 2.75) is 25.8 Å². The Morgan fingerprint density at radius 2 is 1.74 bits per heavy atom. The van der Waals surface area contributed by atoms with Gasteiger partial charge in [-0.2, -0.15) is 0 Å². The fourth-order valence-corrected chi connectivity index (χ4v) is 3.88. The lowest BCUT2D eigenvalue weighted by atomic mass is 10.1. The predicted octanol–water partition coefficient (Wildman–Crippen LogP) is 1.28. The summed E-state index contributed by atoms with van der Waals surface area (Å²) in [5.41, 5.74) is 5.67. The molecule has 1 amide bonds. The van der Waals surface area contributed by atoms with E-state index < -0.39 is 0 Å². The maximum atomic E-state index is 12.3. The highest BCUT2D eigenvalue weighted by Gasteiger charge is 2.22. The van der Waals surface area contributed by atoms with Crippen LogP contribution in [0.15, 0.2) is 6.20 Å². The van der Waals surface area contributed by atoms with Crippen molar-refractivity contribution in [2.24, 2.45) is 0 Å². The number of anilines is 1. The Kier molecular flexibility index (Phi) is 7.08. The van der Waals surface area contributed by atoms with Gasteiger partial charge in [-0.1, -0.05) is 0 Å². The molecule has 0 unspecified atom stereocenters. The van der Waals surface area contributed by atoms with Crippen molar-refractivity contribution in [3.8, 4) is 0 Å². The molecule has 2 fully saturated rings. The van der Waals surface area contributed by atoms with Crippen LogP contribution in [0.4, 0.5) is 5.13 Å². The third-order valence-electron chi connectivity index (χ3n) is 4.48. The number of nitrogens with two attached hydrogens (primary N) is 1. The van der Waals surface area contributed by atoms with Gasteiger partial charge >= 0.3 is 0 Å². The highest BCUT2D eigenvalue weighted by atomic mass is 35.5. The molecule has 6 nitrogen and oxygen atoms in total. The minimum Gasteiger partial charge on any atom is -0.375 e. The monoisotopic (exact) mass is 359 g/mol. The van der Waals surface area contributed by atoms with Gasteiger partial charge in [0.2, 0.25) is 5.91 Å². The molecule has 1 aromatic rings. The first kappa shape index (κ1) is 18.4. The lowest BCUT2D eigenvalue weighted by molar-refractivity contribution is -0.133. The molecular formula is C15H26ClN5OS. The summed E-state index contributed by atoms with van der Waals surface area (Å²) in [6.45, 7) is 7.35. The maximum Gasteiger partial charge on any atom is 0.236 e. The molecule has 2 aliphatic rings. The molecule has 2 aliphatic heterocycles. The summed E-state index contributed by atoms with van der Waals surface area (Å²) >= 11 is 1.56. The molecule has 0 atom stereocenters. The topological polar surface area (TPSA) is 65.7 Å². The predicted molar refractivity (Wildman–Crippen MR) is 95.9 cm³/mol. The summed E-state index contributed by atoms with van der Waals surface area (Å²) in [4.78, 5) is 24.3. The van der Waals surface area contributed by atoms with E-state index in [1.54, 1.807) is 11.3 Å². The van der Waals surface area contributed by atoms with Crippen molar-refractivity contribution in [1.29, 1.82) is 0 Å². The standard InChI is InChI=1S/C15H25N5OS.ClH/c16-15-17-10-13(22-15)11-18-6-8-19(9-7-18)12-14(21)20-4-2-1-3-5-20;/h10H,1-9,11-12H2,(H2,16,17);1H. The molecule has 0 saturated carbocycles. The number of carbonyl (C=O) groups is 1. The Hall–Kier alpha value is -0.890. The van der Waals surface area contributed by atoms with Gasteiger partial charge in [0.15, 0.2) is 5.13 Å². The van der Waals surface area contributed by atoms with E-state index in [1.165, 1.54) is 11.3 Å². The molecule has 0 radical (unpaired) electrons. The van der Waals surface area contributed by atoms with Gasteiger partial charge in [-0.05, 0) is 19.3 Å². The van der Waals surface area contributed by atoms with Gasteiger partial charge in [-0.3, -0.25) is 14.6 Å². The number of piperazine rings is 1. The summed E-state index contributed by atoms with van der Waals surface area (Å²) in [5.74, 6) is 0.309. The average Bonchev–Trinajstić information content (AvgIpc) is 2.95. The Bertz CT molecular complexity index is 498. The number of hydrogen-bond acceptors (Lipinski definition) is 6. The van der Waals surface area contributed by atoms with E-state index in [1.807, 2.05) is 11.1 Å². The number of likely N-dealkylation sites (tertiary alicyclic amines) is 1. The lowest BCUT2D eigenvalue weighted by Crippen LogP contribution is -2.50. The van der Waals surface area contributed by atoms with Gasteiger partial charge in [0.05, 0.1) is 6.54 Å². The summed E-state index contributed by atoms with van der Waals surface area (Å²) in [7, 11) is 0. The number of rotatable bonds is 4. The minimum atomic E-state index is 0. The second-order valence-corrected chi connectivity index (χ2v) is 7.31. The molecule has 0 spiro atoms. The van der Waals surface area contributed by atoms with Crippen molar-refractivity contribution in [1.82, 2.24) is 19.7 Å². The second-order valence-electron chi connectivity index (χ2n) is 6.16. The zero-order valence-corrected chi connectivity index (χ0v) is 15.1. The molecule has 3 rings (SSSR count). The summed E-state index contributed by atoms with van der Waals surface area (Å²) in [6.07, 6.45) is 5.46. The third kappa shape index (κ3) is 5.31. The number of aromatic nitrogens is 1. The average molecular weight is 360 g/mol. The van der Waals surface area contributed by atoms with Crippen molar-refractivity contribution in [2.75, 3.05) is 51.5 Å². The van der Waals surface area contributed by atoms with Crippen LogP contribution in [0.2, 0.25) is 0 Å². The largest absolute Gasteiger partial charge is 0.375 e. The van der Waals surface area contributed by atoms with E-state index in [4.69, 9.17) is 5.73 Å². The molecule has 0 aliphatic carbocycles. The van der Waals surface area contributed by atoms with Crippen LogP contribution in [0.1, 0.15) is 24.1 Å². The van der Waals surface area contributed by atoms with E-state index in [0.29, 0.717) is 17.6 Å². The molecule has 1 aromatic heterocycles. The van der Waals surface area contributed by atoms with Crippen LogP contribution in [-0.4, -0.2) is 71.4 Å². The van der Waals surface area contributed by atoms with E-state index in [-0.39, 0.29) is 12.4 Å². The molecule has 2 N–H and O–H groups in total. The number of amides is 1. The molecular weight excluding hydrogens is 334 g/mol. The third-order valence-corrected chi connectivity index (χ3v) is 5.29. The number of halogens is 1. The van der Waals surface area contributed by atoms with Crippen molar-refractivity contribution in [3.63, 3.8) is 0 Å². The number of hydrogen-bond donors (Lipinski definition) is 1. The van der Waals surface area contributed by atoms with Gasteiger partial charge in [0.25, 0.3) is 0 Å². The fourth-order valence-electron chi connectivity index (χ4n) is 3.16. The van der Waals surface area contributed by atoms with Gasteiger partial charge in [-0.25, -0.2) is 4.98 Å². The summed E-state index contributed by atoms with van der Waals surface area (Å²) < 4.78 is 0. The lowest BCUT2D eigenvalue weighted by Gasteiger charge is -2.35. The molecule has 0 aromatic carbocycles. The Balaban J connectivity index is 0.00000192. The van der Waals surface area contributed by atoms with Crippen molar-refractivity contribution < 1.29 is 4.79 Å². The normalized spacial score (nSPS) is 20.3. The number of nitrogens with zero attached hydrogens (tertiary/aromatic N) is 4. The van der Waals surface area contributed by atoms with Crippen LogP contribution < -0.4 is 5.73 Å². The Labute approximate surface area is 148 Å². The zero-order chi connectivity index (χ0) is 15.4. The van der Waals surface area contributed by atoms with E-state index in [9.17, 15) is 4.79 Å².